The highest BCUT2D eigenvalue weighted by atomic mass is 16.5. The highest BCUT2D eigenvalue weighted by molar-refractivity contribution is 5.96. The van der Waals surface area contributed by atoms with Crippen molar-refractivity contribution in [3.05, 3.63) is 11.1 Å². The maximum absolute atomic E-state index is 14.4. The summed E-state index contributed by atoms with van der Waals surface area (Å²) in [4.78, 5) is 29.5. The molecule has 5 nitrogen and oxygen atoms in total. The third-order valence-corrected chi connectivity index (χ3v) is 10.1. The Morgan fingerprint density at radius 2 is 2.00 bits per heavy atom. The van der Waals surface area contributed by atoms with Gasteiger partial charge in [-0.05, 0) is 49.9 Å². The average molecular weight is 386 g/mol. The highest BCUT2D eigenvalue weighted by Gasteiger charge is 2.77. The summed E-state index contributed by atoms with van der Waals surface area (Å²) in [5.41, 5.74) is 1.59. The van der Waals surface area contributed by atoms with Crippen molar-refractivity contribution in [3.63, 3.8) is 0 Å². The van der Waals surface area contributed by atoms with Gasteiger partial charge in [0.1, 0.15) is 5.78 Å². The van der Waals surface area contributed by atoms with Gasteiger partial charge in [0, 0.05) is 30.5 Å². The van der Waals surface area contributed by atoms with Crippen molar-refractivity contribution in [2.24, 2.45) is 40.4 Å². The summed E-state index contributed by atoms with van der Waals surface area (Å²) in [5, 5.41) is 11.8. The second kappa shape index (κ2) is 5.28. The van der Waals surface area contributed by atoms with E-state index in [0.29, 0.717) is 18.1 Å². The Morgan fingerprint density at radius 3 is 2.75 bits per heavy atom. The van der Waals surface area contributed by atoms with Crippen LogP contribution in [0.15, 0.2) is 11.1 Å². The zero-order valence-electron chi connectivity index (χ0n) is 17.1. The van der Waals surface area contributed by atoms with E-state index in [9.17, 15) is 14.7 Å². The number of hydrogen-bond acceptors (Lipinski definition) is 5. The number of allylic oxidation sites excluding steroid dienone is 2. The lowest BCUT2D eigenvalue weighted by molar-refractivity contribution is -0.199. The maximum atomic E-state index is 14.4. The number of aliphatic hydroxyl groups excluding tert-OH is 1. The molecule has 28 heavy (non-hydrogen) atoms. The van der Waals surface area contributed by atoms with E-state index in [1.807, 2.05) is 0 Å². The number of Topliss-reactive ketones (excluding diaryl/α,β-unsaturated/α-hetero) is 1. The van der Waals surface area contributed by atoms with Crippen molar-refractivity contribution in [2.45, 2.75) is 58.1 Å². The number of ketones is 1. The summed E-state index contributed by atoms with van der Waals surface area (Å²) in [6.45, 7) is 6.28. The van der Waals surface area contributed by atoms with Crippen LogP contribution >= 0.6 is 0 Å². The number of esters is 1. The van der Waals surface area contributed by atoms with Gasteiger partial charge in [-0.1, -0.05) is 25.0 Å². The molecule has 2 bridgehead atoms. The van der Waals surface area contributed by atoms with Gasteiger partial charge in [0.25, 0.3) is 0 Å². The summed E-state index contributed by atoms with van der Waals surface area (Å²) < 4.78 is 5.19. The topological polar surface area (TPSA) is 66.8 Å². The first-order chi connectivity index (χ1) is 13.4. The fourth-order valence-electron chi connectivity index (χ4n) is 9.01. The van der Waals surface area contributed by atoms with Gasteiger partial charge in [-0.15, -0.1) is 0 Å². The zero-order valence-corrected chi connectivity index (χ0v) is 17.1. The predicted octanol–water partition coefficient (Wildman–Crippen LogP) is 2.18. The molecule has 1 N–H and O–H groups in total. The molecule has 0 amide bonds. The molecule has 0 aromatic rings. The van der Waals surface area contributed by atoms with E-state index in [4.69, 9.17) is 4.74 Å². The highest BCUT2D eigenvalue weighted by Crippen LogP contribution is 2.74. The summed E-state index contributed by atoms with van der Waals surface area (Å²) in [5.74, 6) is 0.564. The summed E-state index contributed by atoms with van der Waals surface area (Å²) >= 11 is 0. The van der Waals surface area contributed by atoms with E-state index in [1.54, 1.807) is 0 Å². The first-order valence-electron chi connectivity index (χ1n) is 11.1. The van der Waals surface area contributed by atoms with Crippen LogP contribution in [-0.2, 0) is 14.3 Å². The van der Waals surface area contributed by atoms with Gasteiger partial charge in [0.05, 0.1) is 24.5 Å². The van der Waals surface area contributed by atoms with Crippen LogP contribution in [0.25, 0.3) is 0 Å². The Kier molecular flexibility index (Phi) is 3.33. The number of hydrogen-bond donors (Lipinski definition) is 1. The molecule has 4 fully saturated rings. The van der Waals surface area contributed by atoms with Gasteiger partial charge in [-0.3, -0.25) is 14.5 Å². The Labute approximate surface area is 166 Å². The predicted molar refractivity (Wildman–Crippen MR) is 102 cm³/mol. The molecule has 2 saturated heterocycles. The van der Waals surface area contributed by atoms with Crippen LogP contribution in [0, 0.1) is 40.4 Å². The van der Waals surface area contributed by atoms with Crippen molar-refractivity contribution in [1.29, 1.82) is 0 Å². The Bertz CT molecular complexity index is 819. The fraction of sp³-hybridized carbons (Fsp3) is 0.826. The lowest BCUT2D eigenvalue weighted by Crippen LogP contribution is -2.72. The minimum Gasteiger partial charge on any atom is -0.469 e. The van der Waals surface area contributed by atoms with Crippen LogP contribution in [0.3, 0.4) is 0 Å². The second-order valence-corrected chi connectivity index (χ2v) is 10.7. The van der Waals surface area contributed by atoms with E-state index in [-0.39, 0.29) is 35.7 Å². The van der Waals surface area contributed by atoms with Crippen LogP contribution in [0.5, 0.6) is 0 Å². The molecule has 5 heteroatoms. The van der Waals surface area contributed by atoms with Crippen LogP contribution in [0.2, 0.25) is 0 Å². The second-order valence-electron chi connectivity index (χ2n) is 10.7. The number of carbonyl (C=O) groups is 2. The molecule has 0 radical (unpaired) electrons. The van der Waals surface area contributed by atoms with E-state index in [1.165, 1.54) is 18.3 Å². The fourth-order valence-corrected chi connectivity index (χ4v) is 9.01. The molecule has 2 aliphatic heterocycles. The maximum Gasteiger partial charge on any atom is 0.309 e. The van der Waals surface area contributed by atoms with Gasteiger partial charge in [-0.25, -0.2) is 0 Å². The molecule has 9 atom stereocenters. The van der Waals surface area contributed by atoms with Crippen molar-refractivity contribution in [1.82, 2.24) is 4.90 Å². The van der Waals surface area contributed by atoms with Crippen LogP contribution in [0.1, 0.15) is 46.0 Å². The SMILES string of the molecule is COC(=O)[C@@H]1C[C@]23C(=O)[C@@H]4[C@@H]5[C@H](O)[C@@]2(C)[C@H](CCC2=C3[C@@H]1CC2)CN5C[C@H]4C. The molecule has 1 spiro atoms. The standard InChI is InChI=1S/C23H31NO4/c1-11-9-24-10-13-6-4-12-5-7-14-15(21(27)28-3)8-23(17(12)14)19(25)16(11)18(24)20(26)22(13,23)2/h11,13-16,18,20,26H,4-10H2,1-3H3/t11-,13-,14-,15-,16+,18-,20+,22-,23+/m1/s1. The van der Waals surface area contributed by atoms with Crippen LogP contribution < -0.4 is 0 Å². The van der Waals surface area contributed by atoms with Gasteiger partial charge in [0.15, 0.2) is 0 Å². The molecule has 0 aromatic heterocycles. The van der Waals surface area contributed by atoms with Crippen molar-refractivity contribution >= 4 is 11.8 Å². The molecular formula is C23H31NO4. The largest absolute Gasteiger partial charge is 0.469 e. The summed E-state index contributed by atoms with van der Waals surface area (Å²) in [6, 6.07) is -0.0337. The summed E-state index contributed by atoms with van der Waals surface area (Å²) in [7, 11) is 1.47. The monoisotopic (exact) mass is 385 g/mol. The van der Waals surface area contributed by atoms with E-state index < -0.39 is 16.9 Å². The number of rotatable bonds is 1. The molecule has 6 aliphatic rings. The zero-order chi connectivity index (χ0) is 19.6. The van der Waals surface area contributed by atoms with Gasteiger partial charge in [-0.2, -0.15) is 0 Å². The van der Waals surface area contributed by atoms with E-state index in [0.717, 1.165) is 38.8 Å². The normalized spacial score (nSPS) is 54.0. The quantitative estimate of drug-likeness (QED) is 0.554. The molecule has 2 saturated carbocycles. The third-order valence-electron chi connectivity index (χ3n) is 10.1. The Morgan fingerprint density at radius 1 is 1.25 bits per heavy atom. The molecule has 152 valence electrons. The molecular weight excluding hydrogens is 354 g/mol. The van der Waals surface area contributed by atoms with E-state index >= 15 is 0 Å². The molecule has 0 aromatic carbocycles. The minimum absolute atomic E-state index is 0.0337. The third kappa shape index (κ3) is 1.63. The van der Waals surface area contributed by atoms with Gasteiger partial charge in [0.2, 0.25) is 0 Å². The number of methoxy groups -OCH3 is 1. The lowest BCUT2D eigenvalue weighted by atomic mass is 9.43. The Balaban J connectivity index is 1.63. The number of carbonyl (C=O) groups excluding carboxylic acids is 2. The average Bonchev–Trinajstić information content (AvgIpc) is 3.31. The van der Waals surface area contributed by atoms with Crippen molar-refractivity contribution < 1.29 is 19.4 Å². The number of nitrogens with zero attached hydrogens (tertiary/aromatic N) is 1. The lowest BCUT2D eigenvalue weighted by Gasteiger charge is -2.63. The first-order valence-corrected chi connectivity index (χ1v) is 11.1. The Hall–Kier alpha value is -1.20. The van der Waals surface area contributed by atoms with E-state index in [2.05, 4.69) is 18.7 Å². The molecule has 4 aliphatic carbocycles. The summed E-state index contributed by atoms with van der Waals surface area (Å²) in [6.07, 6.45) is 4.12. The number of aliphatic hydroxyl groups is 1. The first kappa shape index (κ1) is 17.6. The van der Waals surface area contributed by atoms with Gasteiger partial charge >= 0.3 is 5.97 Å². The van der Waals surface area contributed by atoms with Crippen molar-refractivity contribution in [2.75, 3.05) is 20.2 Å². The number of ether oxygens (including phenoxy) is 1. The smallest absolute Gasteiger partial charge is 0.309 e. The number of piperidine rings is 1. The van der Waals surface area contributed by atoms with Gasteiger partial charge < -0.3 is 9.84 Å². The minimum atomic E-state index is -0.658. The van der Waals surface area contributed by atoms with Crippen LogP contribution in [0.4, 0.5) is 0 Å². The van der Waals surface area contributed by atoms with Crippen molar-refractivity contribution in [3.8, 4) is 0 Å². The van der Waals surface area contributed by atoms with Crippen LogP contribution in [-0.4, -0.2) is 54.1 Å². The molecule has 2 heterocycles. The molecule has 6 rings (SSSR count). The molecule has 0 unspecified atom stereocenters.